The maximum absolute atomic E-state index is 12.1. The highest BCUT2D eigenvalue weighted by atomic mass is 35.5. The zero-order chi connectivity index (χ0) is 13.3. The van der Waals surface area contributed by atoms with E-state index in [1.54, 1.807) is 22.9 Å². The second kappa shape index (κ2) is 4.82. The highest BCUT2D eigenvalue weighted by Gasteiger charge is 2.12. The maximum Gasteiger partial charge on any atom is 0.168 e. The van der Waals surface area contributed by atoms with Crippen LogP contribution in [-0.4, -0.2) is 15.6 Å². The molecule has 0 saturated carbocycles. The van der Waals surface area contributed by atoms with Crippen LogP contribution in [0.2, 0.25) is 5.02 Å². The first-order valence-corrected chi connectivity index (χ1v) is 5.92. The van der Waals surface area contributed by atoms with Gasteiger partial charge >= 0.3 is 0 Å². The lowest BCUT2D eigenvalue weighted by Gasteiger charge is -2.04. The minimum absolute atomic E-state index is 0.0211. The monoisotopic (exact) mass is 263 g/mol. The van der Waals surface area contributed by atoms with Crippen LogP contribution < -0.4 is 5.73 Å². The lowest BCUT2D eigenvalue weighted by molar-refractivity contribution is 0.0991. The van der Waals surface area contributed by atoms with Gasteiger partial charge in [-0.2, -0.15) is 5.10 Å². The Kier molecular flexibility index (Phi) is 3.39. The number of ketones is 1. The van der Waals surface area contributed by atoms with Crippen molar-refractivity contribution < 1.29 is 4.79 Å². The van der Waals surface area contributed by atoms with E-state index < -0.39 is 0 Å². The molecule has 2 N–H and O–H groups in total. The Hall–Kier alpha value is -1.81. The molecule has 94 valence electrons. The summed E-state index contributed by atoms with van der Waals surface area (Å²) < 4.78 is 1.71. The molecule has 2 rings (SSSR count). The molecule has 18 heavy (non-hydrogen) atoms. The van der Waals surface area contributed by atoms with E-state index in [0.29, 0.717) is 16.3 Å². The molecule has 5 heteroatoms. The van der Waals surface area contributed by atoms with Gasteiger partial charge in [-0.3, -0.25) is 9.48 Å². The summed E-state index contributed by atoms with van der Waals surface area (Å²) in [5, 5.41) is 4.68. The average Bonchev–Trinajstić information content (AvgIpc) is 2.56. The molecule has 0 radical (unpaired) electrons. The SMILES string of the molecule is Cc1cc(CC(=O)c2cc(N)cc(Cl)c2)n(C)n1. The Labute approximate surface area is 110 Å². The summed E-state index contributed by atoms with van der Waals surface area (Å²) in [6.45, 7) is 1.89. The Morgan fingerprint density at radius 3 is 2.67 bits per heavy atom. The highest BCUT2D eigenvalue weighted by Crippen LogP contribution is 2.18. The van der Waals surface area contributed by atoms with E-state index in [1.807, 2.05) is 20.0 Å². The predicted octanol–water partition coefficient (Wildman–Crippen LogP) is 2.39. The highest BCUT2D eigenvalue weighted by molar-refractivity contribution is 6.31. The number of nitrogen functional groups attached to an aromatic ring is 1. The second-order valence-corrected chi connectivity index (χ2v) is 4.71. The smallest absolute Gasteiger partial charge is 0.168 e. The van der Waals surface area contributed by atoms with Crippen molar-refractivity contribution in [3.63, 3.8) is 0 Å². The number of anilines is 1. The van der Waals surface area contributed by atoms with E-state index in [-0.39, 0.29) is 12.2 Å². The van der Waals surface area contributed by atoms with Crippen molar-refractivity contribution in [2.24, 2.45) is 7.05 Å². The number of hydrogen-bond donors (Lipinski definition) is 1. The fraction of sp³-hybridized carbons (Fsp3) is 0.231. The fourth-order valence-corrected chi connectivity index (χ4v) is 2.11. The number of hydrogen-bond acceptors (Lipinski definition) is 3. The van der Waals surface area contributed by atoms with Gasteiger partial charge in [-0.25, -0.2) is 0 Å². The van der Waals surface area contributed by atoms with Gasteiger partial charge in [-0.05, 0) is 31.2 Å². The first-order valence-electron chi connectivity index (χ1n) is 5.54. The topological polar surface area (TPSA) is 60.9 Å². The van der Waals surface area contributed by atoms with Crippen LogP contribution in [0.25, 0.3) is 0 Å². The van der Waals surface area contributed by atoms with Crippen molar-refractivity contribution in [1.82, 2.24) is 9.78 Å². The van der Waals surface area contributed by atoms with Crippen molar-refractivity contribution in [2.45, 2.75) is 13.3 Å². The molecule has 1 aromatic carbocycles. The Morgan fingerprint density at radius 2 is 2.11 bits per heavy atom. The molecular formula is C13H14ClN3O. The van der Waals surface area contributed by atoms with E-state index in [2.05, 4.69) is 5.10 Å². The molecule has 2 aromatic rings. The van der Waals surface area contributed by atoms with Crippen molar-refractivity contribution in [1.29, 1.82) is 0 Å². The normalized spacial score (nSPS) is 10.6. The molecule has 1 heterocycles. The van der Waals surface area contributed by atoms with E-state index in [0.717, 1.165) is 11.4 Å². The molecule has 0 amide bonds. The number of nitrogens with zero attached hydrogens (tertiary/aromatic N) is 2. The van der Waals surface area contributed by atoms with Crippen LogP contribution in [0.15, 0.2) is 24.3 Å². The third kappa shape index (κ3) is 2.71. The van der Waals surface area contributed by atoms with Crippen molar-refractivity contribution in [3.8, 4) is 0 Å². The molecule has 0 aliphatic heterocycles. The predicted molar refractivity (Wildman–Crippen MR) is 71.8 cm³/mol. The van der Waals surface area contributed by atoms with Gasteiger partial charge in [0.1, 0.15) is 0 Å². The van der Waals surface area contributed by atoms with E-state index in [9.17, 15) is 4.79 Å². The van der Waals surface area contributed by atoms with Gasteiger partial charge in [0.2, 0.25) is 0 Å². The molecular weight excluding hydrogens is 250 g/mol. The quantitative estimate of drug-likeness (QED) is 0.683. The maximum atomic E-state index is 12.1. The lowest BCUT2D eigenvalue weighted by Crippen LogP contribution is -2.08. The average molecular weight is 264 g/mol. The van der Waals surface area contributed by atoms with E-state index in [1.165, 1.54) is 0 Å². The molecule has 0 unspecified atom stereocenters. The summed E-state index contributed by atoms with van der Waals surface area (Å²) in [6.07, 6.45) is 0.289. The molecule has 0 aliphatic rings. The summed E-state index contributed by atoms with van der Waals surface area (Å²) >= 11 is 5.88. The van der Waals surface area contributed by atoms with Crippen molar-refractivity contribution in [3.05, 3.63) is 46.2 Å². The minimum Gasteiger partial charge on any atom is -0.399 e. The molecule has 0 saturated heterocycles. The molecule has 4 nitrogen and oxygen atoms in total. The molecule has 0 bridgehead atoms. The first kappa shape index (κ1) is 12.6. The summed E-state index contributed by atoms with van der Waals surface area (Å²) in [7, 11) is 1.82. The summed E-state index contributed by atoms with van der Waals surface area (Å²) in [6, 6.07) is 6.78. The number of aromatic nitrogens is 2. The Bertz CT molecular complexity index is 584. The number of benzene rings is 1. The number of aryl methyl sites for hydroxylation is 2. The van der Waals surface area contributed by atoms with Gasteiger partial charge in [0.25, 0.3) is 0 Å². The fourth-order valence-electron chi connectivity index (χ4n) is 1.87. The van der Waals surface area contributed by atoms with E-state index >= 15 is 0 Å². The van der Waals surface area contributed by atoms with Gasteiger partial charge in [0, 0.05) is 29.0 Å². The Balaban J connectivity index is 2.24. The second-order valence-electron chi connectivity index (χ2n) is 4.27. The van der Waals surface area contributed by atoms with E-state index in [4.69, 9.17) is 17.3 Å². The van der Waals surface area contributed by atoms with Gasteiger partial charge in [0.15, 0.2) is 5.78 Å². The van der Waals surface area contributed by atoms with Crippen molar-refractivity contribution in [2.75, 3.05) is 5.73 Å². The summed E-state index contributed by atoms with van der Waals surface area (Å²) in [5.74, 6) is -0.0211. The summed E-state index contributed by atoms with van der Waals surface area (Å²) in [5.41, 5.74) is 8.46. The van der Waals surface area contributed by atoms with Gasteiger partial charge in [-0.15, -0.1) is 0 Å². The zero-order valence-electron chi connectivity index (χ0n) is 10.3. The van der Waals surface area contributed by atoms with Gasteiger partial charge in [-0.1, -0.05) is 11.6 Å². The number of nitrogens with two attached hydrogens (primary N) is 1. The molecule has 0 aliphatic carbocycles. The van der Waals surface area contributed by atoms with Crippen molar-refractivity contribution >= 4 is 23.1 Å². The van der Waals surface area contributed by atoms with Gasteiger partial charge in [0.05, 0.1) is 12.1 Å². The number of Topliss-reactive ketones (excluding diaryl/α,β-unsaturated/α-hetero) is 1. The molecule has 0 spiro atoms. The standard InChI is InChI=1S/C13H14ClN3O/c1-8-3-12(17(2)16-8)7-13(18)9-4-10(14)6-11(15)5-9/h3-6H,7,15H2,1-2H3. The largest absolute Gasteiger partial charge is 0.399 e. The number of carbonyl (C=O) groups is 1. The third-order valence-corrected chi connectivity index (χ3v) is 2.90. The van der Waals surface area contributed by atoms with Crippen LogP contribution >= 0.6 is 11.6 Å². The first-order chi connectivity index (χ1) is 8.45. The number of halogens is 1. The zero-order valence-corrected chi connectivity index (χ0v) is 11.0. The Morgan fingerprint density at radius 1 is 1.39 bits per heavy atom. The molecule has 0 atom stereocenters. The van der Waals surface area contributed by atoms with Crippen LogP contribution in [0.4, 0.5) is 5.69 Å². The molecule has 0 fully saturated rings. The minimum atomic E-state index is -0.0211. The molecule has 1 aromatic heterocycles. The number of rotatable bonds is 3. The van der Waals surface area contributed by atoms with Crippen LogP contribution in [0.3, 0.4) is 0 Å². The van der Waals surface area contributed by atoms with Crippen LogP contribution in [-0.2, 0) is 13.5 Å². The van der Waals surface area contributed by atoms with Gasteiger partial charge < -0.3 is 5.73 Å². The summed E-state index contributed by atoms with van der Waals surface area (Å²) in [4.78, 5) is 12.1. The third-order valence-electron chi connectivity index (χ3n) is 2.68. The van der Waals surface area contributed by atoms with Crippen LogP contribution in [0, 0.1) is 6.92 Å². The van der Waals surface area contributed by atoms with Crippen LogP contribution in [0.5, 0.6) is 0 Å². The number of carbonyl (C=O) groups excluding carboxylic acids is 1. The lowest BCUT2D eigenvalue weighted by atomic mass is 10.1. The van der Waals surface area contributed by atoms with Crippen LogP contribution in [0.1, 0.15) is 21.7 Å².